The number of hydrogen-bond donors (Lipinski definition) is 1. The third-order valence-electron chi connectivity index (χ3n) is 3.59. The van der Waals surface area contributed by atoms with Gasteiger partial charge in [-0.25, -0.2) is 4.79 Å². The smallest absolute Gasteiger partial charge is 0.407 e. The van der Waals surface area contributed by atoms with E-state index in [-0.39, 0.29) is 5.41 Å². The predicted octanol–water partition coefficient (Wildman–Crippen LogP) is 3.75. The molecule has 0 heterocycles. The van der Waals surface area contributed by atoms with E-state index < -0.39 is 6.09 Å². The molecule has 0 saturated heterocycles. The van der Waals surface area contributed by atoms with Gasteiger partial charge in [-0.2, -0.15) is 0 Å². The van der Waals surface area contributed by atoms with Crippen LogP contribution in [0, 0.1) is 13.8 Å². The molecule has 0 saturated carbocycles. The second kappa shape index (κ2) is 5.64. The first-order valence-corrected chi connectivity index (χ1v) is 6.67. The van der Waals surface area contributed by atoms with Gasteiger partial charge in [0, 0.05) is 13.6 Å². The Morgan fingerprint density at radius 3 is 2.05 bits per heavy atom. The molecule has 0 aliphatic heterocycles. The number of carboxylic acid groups (broad SMARTS) is 1. The number of likely N-dealkylation sites (N-methyl/N-ethyl adjacent to an activating group) is 1. The van der Waals surface area contributed by atoms with Crippen molar-refractivity contribution < 1.29 is 9.90 Å². The molecule has 0 unspecified atom stereocenters. The topological polar surface area (TPSA) is 40.5 Å². The lowest BCUT2D eigenvalue weighted by molar-refractivity contribution is 0.156. The zero-order valence-corrected chi connectivity index (χ0v) is 12.9. The minimum absolute atomic E-state index is 0.145. The van der Waals surface area contributed by atoms with Crippen molar-refractivity contribution in [3.05, 3.63) is 34.4 Å². The van der Waals surface area contributed by atoms with Gasteiger partial charge in [0.15, 0.2) is 0 Å². The van der Waals surface area contributed by atoms with E-state index in [4.69, 9.17) is 5.11 Å². The van der Waals surface area contributed by atoms with Crippen LogP contribution in [0.1, 0.15) is 43.0 Å². The third kappa shape index (κ3) is 3.98. The van der Waals surface area contributed by atoms with E-state index in [0.29, 0.717) is 6.54 Å². The lowest BCUT2D eigenvalue weighted by Crippen LogP contribution is -2.27. The Labute approximate surface area is 116 Å². The van der Waals surface area contributed by atoms with Crippen molar-refractivity contribution in [3.63, 3.8) is 0 Å². The Hall–Kier alpha value is -1.51. The highest BCUT2D eigenvalue weighted by Crippen LogP contribution is 2.27. The van der Waals surface area contributed by atoms with Crippen LogP contribution < -0.4 is 0 Å². The average Bonchev–Trinajstić information content (AvgIpc) is 2.25. The summed E-state index contributed by atoms with van der Waals surface area (Å²) in [4.78, 5) is 12.1. The summed E-state index contributed by atoms with van der Waals surface area (Å²) in [6.07, 6.45) is -0.105. The minimum Gasteiger partial charge on any atom is -0.465 e. The molecule has 0 spiro atoms. The van der Waals surface area contributed by atoms with Crippen LogP contribution in [0.25, 0.3) is 0 Å². The predicted molar refractivity (Wildman–Crippen MR) is 79.0 cm³/mol. The number of rotatable bonds is 3. The van der Waals surface area contributed by atoms with Gasteiger partial charge in [-0.15, -0.1) is 0 Å². The highest BCUT2D eigenvalue weighted by atomic mass is 16.4. The van der Waals surface area contributed by atoms with E-state index in [1.54, 1.807) is 7.05 Å². The Bertz CT molecular complexity index is 449. The van der Waals surface area contributed by atoms with Crippen molar-refractivity contribution in [2.24, 2.45) is 0 Å². The van der Waals surface area contributed by atoms with Gasteiger partial charge in [0.05, 0.1) is 0 Å². The highest BCUT2D eigenvalue weighted by Gasteiger charge is 2.16. The summed E-state index contributed by atoms with van der Waals surface area (Å²) in [6, 6.07) is 4.45. The summed E-state index contributed by atoms with van der Waals surface area (Å²) in [5.41, 5.74) is 5.25. The summed E-state index contributed by atoms with van der Waals surface area (Å²) in [6.45, 7) is 11.4. The van der Waals surface area contributed by atoms with Gasteiger partial charge in [0.2, 0.25) is 0 Å². The molecule has 1 rings (SSSR count). The molecule has 0 bridgehead atoms. The van der Waals surface area contributed by atoms with E-state index in [1.807, 2.05) is 0 Å². The van der Waals surface area contributed by atoms with Gasteiger partial charge in [-0.1, -0.05) is 32.9 Å². The van der Waals surface area contributed by atoms with Crippen LogP contribution in [0.4, 0.5) is 4.79 Å². The number of amides is 1. The van der Waals surface area contributed by atoms with Crippen LogP contribution in [-0.2, 0) is 11.8 Å². The maximum Gasteiger partial charge on any atom is 0.407 e. The molecular weight excluding hydrogens is 238 g/mol. The minimum atomic E-state index is -0.874. The lowest BCUT2D eigenvalue weighted by Gasteiger charge is -2.23. The Morgan fingerprint density at radius 1 is 1.21 bits per heavy atom. The Kier molecular flexibility index (Phi) is 4.61. The van der Waals surface area contributed by atoms with Gasteiger partial charge in [0.25, 0.3) is 0 Å². The largest absolute Gasteiger partial charge is 0.465 e. The molecule has 0 atom stereocenters. The lowest BCUT2D eigenvalue weighted by atomic mass is 9.83. The summed E-state index contributed by atoms with van der Waals surface area (Å²) < 4.78 is 0. The van der Waals surface area contributed by atoms with Crippen molar-refractivity contribution in [2.75, 3.05) is 13.6 Å². The summed E-state index contributed by atoms with van der Waals surface area (Å²) in [5, 5.41) is 8.88. The zero-order valence-electron chi connectivity index (χ0n) is 12.9. The number of benzene rings is 1. The fourth-order valence-electron chi connectivity index (χ4n) is 2.20. The van der Waals surface area contributed by atoms with E-state index in [0.717, 1.165) is 6.42 Å². The van der Waals surface area contributed by atoms with Gasteiger partial charge in [0.1, 0.15) is 0 Å². The summed E-state index contributed by atoms with van der Waals surface area (Å²) in [7, 11) is 1.61. The van der Waals surface area contributed by atoms with E-state index in [9.17, 15) is 4.79 Å². The molecule has 1 amide bonds. The van der Waals surface area contributed by atoms with E-state index in [1.165, 1.54) is 27.2 Å². The van der Waals surface area contributed by atoms with Crippen molar-refractivity contribution in [1.29, 1.82) is 0 Å². The molecule has 0 radical (unpaired) electrons. The molecule has 1 aromatic carbocycles. The normalized spacial score (nSPS) is 11.5. The van der Waals surface area contributed by atoms with Crippen LogP contribution >= 0.6 is 0 Å². The third-order valence-corrected chi connectivity index (χ3v) is 3.59. The standard InChI is InChI=1S/C16H25NO2/c1-11-9-13(16(3,4)5)10-12(2)14(11)7-8-17(6)15(18)19/h9-10H,7-8H2,1-6H3,(H,18,19). The Balaban J connectivity index is 2.95. The van der Waals surface area contributed by atoms with Crippen molar-refractivity contribution in [1.82, 2.24) is 4.90 Å². The quantitative estimate of drug-likeness (QED) is 0.902. The fraction of sp³-hybridized carbons (Fsp3) is 0.562. The highest BCUT2D eigenvalue weighted by molar-refractivity contribution is 5.64. The van der Waals surface area contributed by atoms with Crippen LogP contribution in [0.2, 0.25) is 0 Å². The van der Waals surface area contributed by atoms with Gasteiger partial charge in [-0.3, -0.25) is 0 Å². The maximum atomic E-state index is 10.8. The molecule has 19 heavy (non-hydrogen) atoms. The molecule has 1 aromatic rings. The Morgan fingerprint density at radius 2 is 1.68 bits per heavy atom. The average molecular weight is 263 g/mol. The molecular formula is C16H25NO2. The maximum absolute atomic E-state index is 10.8. The second-order valence-electron chi connectivity index (χ2n) is 6.29. The molecule has 1 N–H and O–H groups in total. The molecule has 106 valence electrons. The number of nitrogens with zero attached hydrogens (tertiary/aromatic N) is 1. The summed E-state index contributed by atoms with van der Waals surface area (Å²) in [5.74, 6) is 0. The van der Waals surface area contributed by atoms with Crippen molar-refractivity contribution >= 4 is 6.09 Å². The van der Waals surface area contributed by atoms with Crippen molar-refractivity contribution in [3.8, 4) is 0 Å². The first kappa shape index (κ1) is 15.5. The number of carbonyl (C=O) groups is 1. The molecule has 0 fully saturated rings. The fourth-order valence-corrected chi connectivity index (χ4v) is 2.20. The van der Waals surface area contributed by atoms with Crippen LogP contribution in [0.5, 0.6) is 0 Å². The van der Waals surface area contributed by atoms with E-state index in [2.05, 4.69) is 46.8 Å². The van der Waals surface area contributed by atoms with Gasteiger partial charge >= 0.3 is 6.09 Å². The van der Waals surface area contributed by atoms with Crippen LogP contribution in [-0.4, -0.2) is 29.7 Å². The van der Waals surface area contributed by atoms with Crippen LogP contribution in [0.15, 0.2) is 12.1 Å². The first-order chi connectivity index (χ1) is 8.62. The van der Waals surface area contributed by atoms with Gasteiger partial charge in [-0.05, 0) is 47.9 Å². The van der Waals surface area contributed by atoms with Gasteiger partial charge < -0.3 is 10.0 Å². The molecule has 0 aliphatic carbocycles. The SMILES string of the molecule is Cc1cc(C(C)(C)C)cc(C)c1CCN(C)C(=O)O. The molecule has 0 aromatic heterocycles. The monoisotopic (exact) mass is 263 g/mol. The number of aryl methyl sites for hydroxylation is 2. The number of hydrogen-bond acceptors (Lipinski definition) is 1. The summed E-state index contributed by atoms with van der Waals surface area (Å²) >= 11 is 0. The molecule has 3 nitrogen and oxygen atoms in total. The van der Waals surface area contributed by atoms with E-state index >= 15 is 0 Å². The molecule has 0 aliphatic rings. The van der Waals surface area contributed by atoms with Crippen molar-refractivity contribution in [2.45, 2.75) is 46.5 Å². The zero-order chi connectivity index (χ0) is 14.8. The van der Waals surface area contributed by atoms with Crippen LogP contribution in [0.3, 0.4) is 0 Å². The molecule has 3 heteroatoms. The first-order valence-electron chi connectivity index (χ1n) is 6.67. The second-order valence-corrected chi connectivity index (χ2v) is 6.29.